The third-order valence-corrected chi connectivity index (χ3v) is 6.42. The highest BCUT2D eigenvalue weighted by atomic mass is 19.4. The van der Waals surface area contributed by atoms with E-state index in [4.69, 9.17) is 10.5 Å². The van der Waals surface area contributed by atoms with Gasteiger partial charge < -0.3 is 21.1 Å². The molecule has 5 rings (SSSR count). The van der Waals surface area contributed by atoms with Crippen molar-refractivity contribution in [3.8, 4) is 17.2 Å². The van der Waals surface area contributed by atoms with Crippen molar-refractivity contribution in [3.63, 3.8) is 0 Å². The van der Waals surface area contributed by atoms with Crippen LogP contribution in [0.1, 0.15) is 40.4 Å². The Bertz CT molecular complexity index is 1480. The summed E-state index contributed by atoms with van der Waals surface area (Å²) in [6, 6.07) is 12.8. The number of hydrogen-bond donors (Lipinski definition) is 3. The van der Waals surface area contributed by atoms with Crippen LogP contribution in [0.4, 0.5) is 29.1 Å². The second-order valence-corrected chi connectivity index (χ2v) is 8.99. The van der Waals surface area contributed by atoms with Gasteiger partial charge >= 0.3 is 6.18 Å². The molecule has 3 heterocycles. The van der Waals surface area contributed by atoms with E-state index in [0.717, 1.165) is 38.2 Å². The van der Waals surface area contributed by atoms with E-state index >= 15 is 4.39 Å². The van der Waals surface area contributed by atoms with Crippen LogP contribution in [0.15, 0.2) is 67.0 Å². The van der Waals surface area contributed by atoms with Crippen LogP contribution in [0.5, 0.6) is 11.5 Å². The number of carbonyl (C=O) groups is 1. The minimum Gasteiger partial charge on any atom is -0.454 e. The number of halogens is 4. The lowest BCUT2D eigenvalue weighted by molar-refractivity contribution is -0.143. The number of piperidine rings is 1. The fraction of sp³-hybridized carbons (Fsp3) is 0.222. The van der Waals surface area contributed by atoms with Gasteiger partial charge in [-0.3, -0.25) is 4.79 Å². The molecule has 4 aromatic rings. The molecule has 202 valence electrons. The maximum Gasteiger partial charge on any atom is 0.434 e. The molecule has 0 atom stereocenters. The van der Waals surface area contributed by atoms with Crippen LogP contribution in [0, 0.1) is 5.82 Å². The van der Waals surface area contributed by atoms with E-state index in [0.29, 0.717) is 21.8 Å². The first-order valence-electron chi connectivity index (χ1n) is 12.2. The Morgan fingerprint density at radius 1 is 1.08 bits per heavy atom. The highest BCUT2D eigenvalue weighted by Crippen LogP contribution is 2.39. The minimum atomic E-state index is -4.87. The molecule has 4 N–H and O–H groups in total. The quantitative estimate of drug-likeness (QED) is 0.278. The number of rotatable bonds is 6. The lowest BCUT2D eigenvalue weighted by Crippen LogP contribution is -2.27. The fourth-order valence-corrected chi connectivity index (χ4v) is 4.61. The number of aromatic nitrogens is 3. The third-order valence-electron chi connectivity index (χ3n) is 6.42. The zero-order valence-electron chi connectivity index (χ0n) is 20.5. The number of carbonyl (C=O) groups excluding carboxylic acids is 1. The van der Waals surface area contributed by atoms with Crippen molar-refractivity contribution in [3.05, 3.63) is 89.6 Å². The highest BCUT2D eigenvalue weighted by Gasteiger charge is 2.40. The number of nitrogens with zero attached hydrogens (tertiary/aromatic N) is 3. The largest absolute Gasteiger partial charge is 0.454 e. The molecular weight excluding hydrogens is 516 g/mol. The summed E-state index contributed by atoms with van der Waals surface area (Å²) in [6.45, 7) is 1.61. The smallest absolute Gasteiger partial charge is 0.434 e. The summed E-state index contributed by atoms with van der Waals surface area (Å²) in [5.74, 6) is -1.28. The van der Waals surface area contributed by atoms with E-state index in [2.05, 4.69) is 20.7 Å². The zero-order valence-corrected chi connectivity index (χ0v) is 20.5. The molecule has 0 saturated carbocycles. The lowest BCUT2D eigenvalue weighted by Gasteiger charge is -2.25. The Kier molecular flexibility index (Phi) is 7.20. The molecule has 1 saturated heterocycles. The molecule has 0 bridgehead atoms. The molecule has 0 spiro atoms. The number of para-hydroxylation sites is 1. The summed E-state index contributed by atoms with van der Waals surface area (Å²) in [5, 5.41) is 9.36. The first kappa shape index (κ1) is 26.2. The van der Waals surface area contributed by atoms with E-state index in [9.17, 15) is 18.0 Å². The predicted molar refractivity (Wildman–Crippen MR) is 136 cm³/mol. The van der Waals surface area contributed by atoms with E-state index in [1.807, 2.05) is 0 Å². The Balaban J connectivity index is 1.38. The number of nitrogen functional groups attached to an aromatic ring is 1. The van der Waals surface area contributed by atoms with Gasteiger partial charge in [0.1, 0.15) is 11.6 Å². The van der Waals surface area contributed by atoms with Crippen LogP contribution >= 0.6 is 0 Å². The Labute approximate surface area is 220 Å². The van der Waals surface area contributed by atoms with E-state index in [-0.39, 0.29) is 23.0 Å². The number of benzene rings is 2. The first-order valence-corrected chi connectivity index (χ1v) is 12.2. The van der Waals surface area contributed by atoms with Crippen LogP contribution in [-0.2, 0) is 6.18 Å². The summed E-state index contributed by atoms with van der Waals surface area (Å²) >= 11 is 0. The van der Waals surface area contributed by atoms with Crippen molar-refractivity contribution < 1.29 is 27.1 Å². The molecule has 1 amide bonds. The molecule has 12 heteroatoms. The maximum absolute atomic E-state index is 15.0. The van der Waals surface area contributed by atoms with Gasteiger partial charge in [-0.15, -0.1) is 0 Å². The summed E-state index contributed by atoms with van der Waals surface area (Å²) < 4.78 is 63.3. The zero-order chi connectivity index (χ0) is 27.6. The maximum atomic E-state index is 15.0. The second kappa shape index (κ2) is 10.7. The van der Waals surface area contributed by atoms with Crippen molar-refractivity contribution in [2.75, 3.05) is 24.1 Å². The number of nitrogens with two attached hydrogens (primary N) is 1. The van der Waals surface area contributed by atoms with Crippen LogP contribution < -0.4 is 21.1 Å². The van der Waals surface area contributed by atoms with Crippen LogP contribution in [-0.4, -0.2) is 33.8 Å². The monoisotopic (exact) mass is 540 g/mol. The number of nitrogens with one attached hydrogen (secondary N) is 2. The lowest BCUT2D eigenvalue weighted by atomic mass is 9.90. The molecule has 8 nitrogen and oxygen atoms in total. The predicted octanol–water partition coefficient (Wildman–Crippen LogP) is 5.52. The van der Waals surface area contributed by atoms with Crippen molar-refractivity contribution in [2.24, 2.45) is 0 Å². The Hall–Kier alpha value is -4.45. The third kappa shape index (κ3) is 5.55. The molecule has 1 fully saturated rings. The van der Waals surface area contributed by atoms with Crippen molar-refractivity contribution in [2.45, 2.75) is 24.9 Å². The van der Waals surface area contributed by atoms with E-state index < -0.39 is 29.2 Å². The van der Waals surface area contributed by atoms with Gasteiger partial charge in [-0.25, -0.2) is 14.1 Å². The molecular formula is C27H24F4N6O2. The van der Waals surface area contributed by atoms with Gasteiger partial charge in [-0.1, -0.05) is 18.2 Å². The number of pyridine rings is 1. The number of alkyl halides is 3. The number of anilines is 2. The van der Waals surface area contributed by atoms with Gasteiger partial charge in [0.25, 0.3) is 5.91 Å². The molecule has 0 radical (unpaired) electrons. The van der Waals surface area contributed by atoms with Gasteiger partial charge in [0.15, 0.2) is 17.3 Å². The summed E-state index contributed by atoms with van der Waals surface area (Å²) in [5.41, 5.74) is 4.95. The highest BCUT2D eigenvalue weighted by molar-refractivity contribution is 6.05. The topological polar surface area (TPSA) is 107 Å². The summed E-state index contributed by atoms with van der Waals surface area (Å²) in [6.07, 6.45) is -0.938. The second-order valence-electron chi connectivity index (χ2n) is 8.99. The van der Waals surface area contributed by atoms with Crippen molar-refractivity contribution in [1.82, 2.24) is 20.1 Å². The first-order chi connectivity index (χ1) is 18.7. The van der Waals surface area contributed by atoms with Crippen molar-refractivity contribution >= 4 is 17.4 Å². The number of hydrogen-bond acceptors (Lipinski definition) is 6. The Morgan fingerprint density at radius 2 is 1.82 bits per heavy atom. The normalized spacial score (nSPS) is 14.3. The van der Waals surface area contributed by atoms with Gasteiger partial charge in [0.05, 0.1) is 17.4 Å². The average Bonchev–Trinajstić information content (AvgIpc) is 3.38. The average molecular weight is 541 g/mol. The molecule has 0 unspecified atom stereocenters. The standard InChI is InChI=1S/C27H24F4N6O2/c28-20-14-17(6-7-21(20)39-22-10-13-34-25(32)23(22)16-8-11-33-12-9-16)36-26(38)19-15-35-37(24(19)27(29,30)31)18-4-2-1-3-5-18/h1-7,10,13-16,33H,8-9,11-12H2,(H2,32,34)(H,36,38). The molecule has 0 aliphatic carbocycles. The van der Waals surface area contributed by atoms with Crippen LogP contribution in [0.3, 0.4) is 0 Å². The minimum absolute atomic E-state index is 0.0572. The van der Waals surface area contributed by atoms with Gasteiger partial charge in [-0.05, 0) is 62.2 Å². The van der Waals surface area contributed by atoms with Gasteiger partial charge in [0, 0.05) is 23.5 Å². The van der Waals surface area contributed by atoms with E-state index in [1.54, 1.807) is 24.3 Å². The number of ether oxygens (including phenoxy) is 1. The summed E-state index contributed by atoms with van der Waals surface area (Å²) in [4.78, 5) is 17.0. The van der Waals surface area contributed by atoms with E-state index in [1.165, 1.54) is 30.5 Å². The van der Waals surface area contributed by atoms with Gasteiger partial charge in [0.2, 0.25) is 0 Å². The van der Waals surface area contributed by atoms with Crippen molar-refractivity contribution in [1.29, 1.82) is 0 Å². The van der Waals surface area contributed by atoms with Crippen LogP contribution in [0.2, 0.25) is 0 Å². The fourth-order valence-electron chi connectivity index (χ4n) is 4.61. The molecule has 2 aromatic heterocycles. The molecule has 2 aromatic carbocycles. The SMILES string of the molecule is Nc1nccc(Oc2ccc(NC(=O)c3cnn(-c4ccccc4)c3C(F)(F)F)cc2F)c1C1CCNCC1. The van der Waals surface area contributed by atoms with Crippen LogP contribution in [0.25, 0.3) is 5.69 Å². The van der Waals surface area contributed by atoms with Gasteiger partial charge in [-0.2, -0.15) is 18.3 Å². The summed E-state index contributed by atoms with van der Waals surface area (Å²) in [7, 11) is 0. The molecule has 1 aliphatic rings. The Morgan fingerprint density at radius 3 is 2.51 bits per heavy atom. The molecule has 39 heavy (non-hydrogen) atoms. The number of amides is 1. The molecule has 1 aliphatic heterocycles.